The third-order valence-corrected chi connectivity index (χ3v) is 29.0. The van der Waals surface area contributed by atoms with Crippen LogP contribution in [0, 0.1) is 105 Å². The number of aryl methyl sites for hydroxylation is 1. The number of esters is 3. The number of aromatic nitrogens is 3. The Hall–Kier alpha value is -7.30. The minimum absolute atomic E-state index is 0.0352. The number of cyclic esters (lactones) is 3. The van der Waals surface area contributed by atoms with Gasteiger partial charge >= 0.3 is 36.2 Å². The number of unbranched alkanes of at least 4 members (excludes halogenated alkanes) is 1. The van der Waals surface area contributed by atoms with Crippen molar-refractivity contribution >= 4 is 82.0 Å². The number of hydrogen-bond acceptors (Lipinski definition) is 24. The van der Waals surface area contributed by atoms with Crippen LogP contribution in [0.15, 0.2) is 29.6 Å². The minimum Gasteiger partial charge on any atom is -0.458 e. The lowest BCUT2D eigenvalue weighted by Crippen LogP contribution is -2.59. The zero-order valence-corrected chi connectivity index (χ0v) is 79.3. The van der Waals surface area contributed by atoms with Gasteiger partial charge in [-0.25, -0.2) is 35.2 Å². The number of amides is 3. The molecule has 0 radical (unpaired) electrons. The van der Waals surface area contributed by atoms with E-state index in [1.165, 1.54) is 0 Å². The van der Waals surface area contributed by atoms with Gasteiger partial charge in [0.2, 0.25) is 0 Å². The van der Waals surface area contributed by atoms with Crippen LogP contribution >= 0.6 is 0 Å². The highest BCUT2D eigenvalue weighted by atomic mass is 16.6. The number of nitrogens with zero attached hydrogens (tertiary/aromatic N) is 7. The van der Waals surface area contributed by atoms with Crippen LogP contribution in [0.5, 0.6) is 0 Å². The summed E-state index contributed by atoms with van der Waals surface area (Å²) in [5.74, 6) is -4.31. The highest BCUT2D eigenvalue weighted by Gasteiger charge is 2.65. The van der Waals surface area contributed by atoms with Gasteiger partial charge in [-0.3, -0.25) is 48.2 Å². The Morgan fingerprint density at radius 3 is 1.21 bits per heavy atom. The standard InChI is InChI=1S/C37H56N4O7.C29H48N2O6.C27H46N2O7/c1-12-27-37(10)31(41(34(45)48-37)19-14-13-18-40-21-39-26-16-15-17-38-32(26)40)24(4)28(42)22(2)20-36(9,46-11)30(35(6,7)8)23(3)29(43)25(5)33(44)47-27;1-12-20-29(10)24-17(3)21(30-13-14-31(24)26(34)37-29)16(2)15-28(9,35-11)23(27(6,7)8)18(4)22(32)19(5)25(33)36-20;1-12-18-27(10)22(29(28)24(33)36-27)16(4)19(30)14(2)13-26(9,34-11)21(25(6,7)8)15(3)20(31)17(5)23(32)35-18/h15-17,21-25,27,30-31H,12-14,18-20H2,1-11H3;16-20,23-24H,12-15H2,1-11H3;14-18,21-22H,12-13,28H2,1-11H3/t22-,23+,24+,25-,27-,30+,31-,36-,37-;16-,17+,18+,19-,20-,23+,24-,28-,29-;14-,15+,16+,17-,18-,21+,22-,26-,27-/m111/s1. The van der Waals surface area contributed by atoms with Gasteiger partial charge in [-0.2, -0.15) is 0 Å². The number of aliphatic imine (C=N–C) groups is 1. The van der Waals surface area contributed by atoms with Crippen molar-refractivity contribution in [2.75, 3.05) is 41.0 Å². The second kappa shape index (κ2) is 38.3. The van der Waals surface area contributed by atoms with Crippen molar-refractivity contribution in [2.24, 2.45) is 116 Å². The lowest BCUT2D eigenvalue weighted by Gasteiger charge is -2.49. The monoisotopic (exact) mass is 1700 g/mol. The summed E-state index contributed by atoms with van der Waals surface area (Å²) >= 11 is 0. The number of ether oxygens (including phenoxy) is 9. The number of imidazole rings is 1. The SMILES string of the molecule is CC[C@H]1OC(=O)[C@H](C)C(=O)[C@H](C)[C@@H](C(C)(C)C)[C@](C)(OC)C[C@@H](C)C(=O)[C@H](C)[C@H]2N(CCCCn3cnc4cccnc43)C(=O)O[C@]12C.CC[C@H]1OC(=O)[C@H](C)C(=O)[C@H](C)[C@@H](C(C)(C)C)[C@](C)(OC)C[C@@H](C)C(=O)[C@H](C)[C@H]2N(N)C(=O)O[C@]12C.CC[C@H]1OC(=O)[C@H](C)C(=O)[C@H](C)[C@@H](C(C)(C)C)[C@](C)(OC)C[C@@H](C)C2=NCCN3C(=O)O[C@@]1(C)[C@H]3[C@H]2C. The molecule has 2 aromatic heterocycles. The van der Waals surface area contributed by atoms with E-state index in [1.54, 1.807) is 92.1 Å². The van der Waals surface area contributed by atoms with Gasteiger partial charge in [-0.05, 0) is 148 Å². The van der Waals surface area contributed by atoms with Crippen LogP contribution in [0.2, 0.25) is 0 Å². The predicted molar refractivity (Wildman–Crippen MR) is 459 cm³/mol. The predicted octanol–water partition coefficient (Wildman–Crippen LogP) is 15.1. The van der Waals surface area contributed by atoms with E-state index in [2.05, 4.69) is 72.3 Å². The van der Waals surface area contributed by atoms with Gasteiger partial charge in [0, 0.05) is 118 Å². The number of fused-ring (bicyclic) bond motifs is 4. The number of methoxy groups -OCH3 is 3. The summed E-state index contributed by atoms with van der Waals surface area (Å²) in [6.07, 6.45) is 3.15. The molecule has 2 bridgehead atoms. The summed E-state index contributed by atoms with van der Waals surface area (Å²) in [7, 11) is 4.91. The summed E-state index contributed by atoms with van der Waals surface area (Å²) in [5.41, 5.74) is -4.54. The average molecular weight is 1700 g/mol. The summed E-state index contributed by atoms with van der Waals surface area (Å²) in [4.78, 5) is 167. The molecular formula is C93H150N8O20. The highest BCUT2D eigenvalue weighted by Crippen LogP contribution is 2.53. The van der Waals surface area contributed by atoms with Crippen molar-refractivity contribution in [3.8, 4) is 0 Å². The number of carbonyl (C=O) groups is 11. The van der Waals surface area contributed by atoms with Crippen molar-refractivity contribution in [1.82, 2.24) is 29.3 Å². The molecule has 0 aromatic carbocycles. The Morgan fingerprint density at radius 1 is 0.455 bits per heavy atom. The van der Waals surface area contributed by atoms with Crippen LogP contribution in [0.3, 0.4) is 0 Å². The molecule has 121 heavy (non-hydrogen) atoms. The van der Waals surface area contributed by atoms with Gasteiger partial charge in [-0.15, -0.1) is 0 Å². The molecule has 2 aromatic rings. The van der Waals surface area contributed by atoms with E-state index >= 15 is 0 Å². The zero-order chi connectivity index (χ0) is 91.8. The number of Topliss-reactive ketones (excluding diaryl/α,β-unsaturated/α-hetero) is 5. The average Bonchev–Trinajstić information content (AvgIpc) is 1.62. The largest absolute Gasteiger partial charge is 0.458 e. The summed E-state index contributed by atoms with van der Waals surface area (Å²) < 4.78 is 56.2. The fourth-order valence-electron chi connectivity index (χ4n) is 24.0. The first-order valence-electron chi connectivity index (χ1n) is 44.3. The van der Waals surface area contributed by atoms with E-state index in [4.69, 9.17) is 53.5 Å². The van der Waals surface area contributed by atoms with Crippen LogP contribution in [-0.2, 0) is 87.5 Å². The summed E-state index contributed by atoms with van der Waals surface area (Å²) in [6.45, 7) is 59.3. The van der Waals surface area contributed by atoms with Crippen molar-refractivity contribution in [3.63, 3.8) is 0 Å². The molecular weight excluding hydrogens is 1550 g/mol. The third kappa shape index (κ3) is 20.0. The molecule has 0 aliphatic carbocycles. The number of pyridine rings is 1. The van der Waals surface area contributed by atoms with Crippen molar-refractivity contribution in [3.05, 3.63) is 24.7 Å². The van der Waals surface area contributed by atoms with E-state index in [0.29, 0.717) is 71.1 Å². The van der Waals surface area contributed by atoms with E-state index in [-0.39, 0.29) is 80.8 Å². The maximum Gasteiger partial charge on any atom is 0.425 e. The molecule has 28 heteroatoms. The third-order valence-electron chi connectivity index (χ3n) is 29.0. The lowest BCUT2D eigenvalue weighted by molar-refractivity contribution is -0.175. The Labute approximate surface area is 720 Å². The fourth-order valence-corrected chi connectivity index (χ4v) is 24.0. The van der Waals surface area contributed by atoms with E-state index in [1.807, 2.05) is 114 Å². The van der Waals surface area contributed by atoms with Crippen molar-refractivity contribution in [2.45, 2.75) is 336 Å². The van der Waals surface area contributed by atoms with Gasteiger partial charge in [0.1, 0.15) is 76.5 Å². The maximum absolute atomic E-state index is 14.4. The number of nitrogens with two attached hydrogens (primary N) is 1. The minimum atomic E-state index is -1.37. The molecule has 7 aliphatic rings. The van der Waals surface area contributed by atoms with Crippen LogP contribution in [-0.4, -0.2) is 211 Å². The molecule has 6 fully saturated rings. The Balaban J connectivity index is 0.000000254. The number of hydrogen-bond donors (Lipinski definition) is 1. The topological polar surface area (TPSA) is 350 Å². The second-order valence-electron chi connectivity index (χ2n) is 40.9. The van der Waals surface area contributed by atoms with Crippen molar-refractivity contribution < 1.29 is 95.4 Å². The fraction of sp³-hybridized carbons (Fsp3) is 0.806. The number of rotatable bonds is 11. The number of hydrazine groups is 1. The first kappa shape index (κ1) is 101. The van der Waals surface area contributed by atoms with E-state index in [9.17, 15) is 52.7 Å². The zero-order valence-electron chi connectivity index (χ0n) is 79.3. The van der Waals surface area contributed by atoms with Gasteiger partial charge < -0.3 is 52.1 Å². The van der Waals surface area contributed by atoms with Crippen LogP contribution in [0.4, 0.5) is 14.4 Å². The maximum atomic E-state index is 14.4. The van der Waals surface area contributed by atoms with Gasteiger partial charge in [0.15, 0.2) is 22.5 Å². The molecule has 2 N–H and O–H groups in total. The highest BCUT2D eigenvalue weighted by molar-refractivity contribution is 6.02. The molecule has 27 atom stereocenters. The van der Waals surface area contributed by atoms with Gasteiger partial charge in [-0.1, -0.05) is 145 Å². The van der Waals surface area contributed by atoms with E-state index in [0.717, 1.165) is 28.3 Å². The molecule has 9 rings (SSSR count). The summed E-state index contributed by atoms with van der Waals surface area (Å²) in [6, 6.07) is 1.86. The first-order chi connectivity index (χ1) is 55.8. The van der Waals surface area contributed by atoms with Crippen LogP contribution in [0.25, 0.3) is 11.2 Å². The molecule has 7 aliphatic heterocycles. The Morgan fingerprint density at radius 2 is 0.818 bits per heavy atom. The quantitative estimate of drug-likeness (QED) is 0.0545. The molecule has 3 amide bonds. The second-order valence-corrected chi connectivity index (χ2v) is 40.9. The molecule has 9 heterocycles. The number of ketones is 5. The molecule has 28 nitrogen and oxygen atoms in total. The van der Waals surface area contributed by atoms with Crippen LogP contribution < -0.4 is 5.84 Å². The van der Waals surface area contributed by atoms with E-state index < -0.39 is 159 Å². The Kier molecular flexibility index (Phi) is 31.9. The van der Waals surface area contributed by atoms with Gasteiger partial charge in [0.25, 0.3) is 0 Å². The number of carbonyl (C=O) groups excluding carboxylic acids is 11. The van der Waals surface area contributed by atoms with Crippen LogP contribution in [0.1, 0.15) is 259 Å². The molecule has 0 spiro atoms. The normalized spacial score (nSPS) is 38.7. The first-order valence-corrected chi connectivity index (χ1v) is 44.3. The molecule has 682 valence electrons. The molecule has 0 unspecified atom stereocenters. The van der Waals surface area contributed by atoms with Crippen molar-refractivity contribution in [1.29, 1.82) is 0 Å². The van der Waals surface area contributed by atoms with Gasteiger partial charge in [0.05, 0.1) is 41.8 Å². The molecule has 0 saturated carbocycles. The molecule has 6 saturated heterocycles. The smallest absolute Gasteiger partial charge is 0.425 e. The summed E-state index contributed by atoms with van der Waals surface area (Å²) in [5, 5.41) is 0.932. The lowest BCUT2D eigenvalue weighted by atomic mass is 9.61. The Bertz CT molecular complexity index is 4120.